The lowest BCUT2D eigenvalue weighted by Gasteiger charge is -2.21. The molecule has 1 aromatic heterocycles. The van der Waals surface area contributed by atoms with Crippen LogP contribution in [0, 0.1) is 11.3 Å². The van der Waals surface area contributed by atoms with Crippen molar-refractivity contribution >= 4 is 46.5 Å². The fourth-order valence-corrected chi connectivity index (χ4v) is 9.47. The highest BCUT2D eigenvalue weighted by Crippen LogP contribution is 2.28. The van der Waals surface area contributed by atoms with Gasteiger partial charge in [-0.15, -0.1) is 0 Å². The molecule has 0 saturated heterocycles. The lowest BCUT2D eigenvalue weighted by Crippen LogP contribution is -2.39. The van der Waals surface area contributed by atoms with Crippen LogP contribution in [-0.4, -0.2) is 42.8 Å². The Bertz CT molecular complexity index is 2030. The molecule has 4 aromatic rings. The van der Waals surface area contributed by atoms with Crippen molar-refractivity contribution in [2.75, 3.05) is 21.3 Å². The number of hydrogen-bond acceptors (Lipinski definition) is 10. The van der Waals surface area contributed by atoms with E-state index >= 15 is 0 Å². The third-order valence-corrected chi connectivity index (χ3v) is 11.4. The first kappa shape index (κ1) is 28.8. The van der Waals surface area contributed by atoms with Crippen molar-refractivity contribution in [3.63, 3.8) is 0 Å². The highest BCUT2D eigenvalue weighted by molar-refractivity contribution is 8.16. The van der Waals surface area contributed by atoms with E-state index in [0.29, 0.717) is 29.4 Å². The van der Waals surface area contributed by atoms with E-state index in [9.17, 15) is 30.0 Å². The highest BCUT2D eigenvalue weighted by atomic mass is 32.3. The molecule has 0 spiro atoms. The summed E-state index contributed by atoms with van der Waals surface area (Å²) in [5.74, 6) is 0.436. The molecule has 1 heterocycles. The maximum Gasteiger partial charge on any atom is 0.262 e. The maximum atomic E-state index is 13.2. The molecule has 0 saturated carbocycles. The van der Waals surface area contributed by atoms with Crippen LogP contribution in [0.5, 0.6) is 5.75 Å². The Balaban J connectivity index is 1.62. The number of hydrogen-bond donors (Lipinski definition) is 0. The number of nitrogens with zero attached hydrogens (tertiary/aromatic N) is 2. The van der Waals surface area contributed by atoms with Gasteiger partial charge in [-0.05, 0) is 47.5 Å². The zero-order valence-electron chi connectivity index (χ0n) is 21.1. The summed E-state index contributed by atoms with van der Waals surface area (Å²) in [7, 11) is -13.3. The van der Waals surface area contributed by atoms with Gasteiger partial charge in [0.15, 0.2) is 20.4 Å². The number of sulfonamides is 2. The topological polar surface area (TPSA) is 169 Å². The molecule has 14 heteroatoms. The minimum atomic E-state index is -4.78. The predicted molar refractivity (Wildman–Crippen MR) is 149 cm³/mol. The van der Waals surface area contributed by atoms with Crippen molar-refractivity contribution in [3.05, 3.63) is 94.3 Å². The number of rotatable bonds is 9. The molecule has 0 atom stereocenters. The van der Waals surface area contributed by atoms with E-state index < -0.39 is 40.4 Å². The molecule has 0 aliphatic rings. The molecule has 11 nitrogen and oxygen atoms in total. The van der Waals surface area contributed by atoms with Crippen molar-refractivity contribution in [1.82, 2.24) is 0 Å². The number of anilines is 1. The molecule has 0 aliphatic carbocycles. The van der Waals surface area contributed by atoms with Crippen molar-refractivity contribution < 1.29 is 34.4 Å². The van der Waals surface area contributed by atoms with Gasteiger partial charge in [0.05, 0.1) is 34.5 Å². The third-order valence-electron chi connectivity index (χ3n) is 5.51. The first-order chi connectivity index (χ1) is 18.7. The first-order valence-corrected chi connectivity index (χ1v) is 16.9. The molecule has 208 valence electrons. The summed E-state index contributed by atoms with van der Waals surface area (Å²) in [6.07, 6.45) is 2.53. The Labute approximate surface area is 230 Å². The lowest BCUT2D eigenvalue weighted by molar-refractivity contribution is 0.306. The van der Waals surface area contributed by atoms with Crippen LogP contribution in [0.25, 0.3) is 22.1 Å². The van der Waals surface area contributed by atoms with Gasteiger partial charge in [-0.25, -0.2) is 25.3 Å². The van der Waals surface area contributed by atoms with Crippen LogP contribution in [0.15, 0.2) is 82.2 Å². The molecule has 40 heavy (non-hydrogen) atoms. The Kier molecular flexibility index (Phi) is 7.75. The zero-order valence-corrected chi connectivity index (χ0v) is 23.6. The molecule has 0 amide bonds. The Morgan fingerprint density at radius 1 is 0.925 bits per heavy atom. The smallest absolute Gasteiger partial charge is 0.262 e. The molecular weight excluding hydrogens is 580 g/mol. The van der Waals surface area contributed by atoms with Crippen molar-refractivity contribution in [3.8, 4) is 22.9 Å². The van der Waals surface area contributed by atoms with Gasteiger partial charge in [0.2, 0.25) is 10.0 Å². The molecule has 0 aliphatic heterocycles. The summed E-state index contributed by atoms with van der Waals surface area (Å²) in [6, 6.07) is 18.6. The SMILES string of the molecule is CS(=O)(=O)CS(=O)(=O)N(c1ccc(-c2coc3cc(OCc4cccc(C#N)c4)ccc3c2=O)cc1)S(C)(=O)=O. The molecule has 4 rings (SSSR count). The lowest BCUT2D eigenvalue weighted by atomic mass is 10.1. The second-order valence-electron chi connectivity index (χ2n) is 8.90. The highest BCUT2D eigenvalue weighted by Gasteiger charge is 2.34. The molecule has 0 fully saturated rings. The third kappa shape index (κ3) is 6.50. The van der Waals surface area contributed by atoms with Gasteiger partial charge >= 0.3 is 0 Å². The molecular formula is C26H22N2O9S3. The van der Waals surface area contributed by atoms with Crippen LogP contribution < -0.4 is 13.9 Å². The van der Waals surface area contributed by atoms with Crippen LogP contribution in [0.4, 0.5) is 5.69 Å². The van der Waals surface area contributed by atoms with Crippen molar-refractivity contribution in [2.45, 2.75) is 6.61 Å². The molecule has 0 bridgehead atoms. The van der Waals surface area contributed by atoms with Gasteiger partial charge in [0.1, 0.15) is 24.2 Å². The number of fused-ring (bicyclic) bond motifs is 1. The summed E-state index contributed by atoms with van der Waals surface area (Å²) < 4.78 is 84.4. The zero-order chi connectivity index (χ0) is 29.3. The fourth-order valence-electron chi connectivity index (χ4n) is 3.93. The van der Waals surface area contributed by atoms with Crippen LogP contribution in [0.3, 0.4) is 0 Å². The van der Waals surface area contributed by atoms with E-state index in [2.05, 4.69) is 6.07 Å². The Morgan fingerprint density at radius 3 is 2.25 bits per heavy atom. The molecule has 0 radical (unpaired) electrons. The van der Waals surface area contributed by atoms with Crippen LogP contribution in [-0.2, 0) is 36.5 Å². The van der Waals surface area contributed by atoms with Gasteiger partial charge in [0, 0.05) is 12.3 Å². The average Bonchev–Trinajstić information content (AvgIpc) is 2.86. The van der Waals surface area contributed by atoms with Gasteiger partial charge in [-0.1, -0.05) is 24.3 Å². The van der Waals surface area contributed by atoms with E-state index in [1.54, 1.807) is 30.3 Å². The largest absolute Gasteiger partial charge is 0.489 e. The van der Waals surface area contributed by atoms with E-state index in [-0.39, 0.29) is 32.5 Å². The second-order valence-corrected chi connectivity index (χ2v) is 15.3. The second kappa shape index (κ2) is 10.8. The molecule has 0 unspecified atom stereocenters. The summed E-state index contributed by atoms with van der Waals surface area (Å²) in [5.41, 5.74) is 1.28. The Hall–Kier alpha value is -4.19. The van der Waals surface area contributed by atoms with Gasteiger partial charge in [-0.2, -0.15) is 8.97 Å². The monoisotopic (exact) mass is 602 g/mol. The first-order valence-electron chi connectivity index (χ1n) is 11.4. The van der Waals surface area contributed by atoms with Gasteiger partial charge < -0.3 is 9.15 Å². The fraction of sp³-hybridized carbons (Fsp3) is 0.154. The predicted octanol–water partition coefficient (Wildman–Crippen LogP) is 3.01. The van der Waals surface area contributed by atoms with Crippen molar-refractivity contribution in [2.24, 2.45) is 0 Å². The minimum absolute atomic E-state index is 0.0474. The summed E-state index contributed by atoms with van der Waals surface area (Å²) >= 11 is 0. The quantitative estimate of drug-likeness (QED) is 0.278. The van der Waals surface area contributed by atoms with Crippen LogP contribution >= 0.6 is 0 Å². The van der Waals surface area contributed by atoms with Crippen LogP contribution in [0.1, 0.15) is 11.1 Å². The standard InChI is InChI=1S/C26H22N2O9S3/c1-38(30,31)17-40(34,35)28(39(2,32)33)21-8-6-20(7-9-21)24-16-37-25-13-22(10-11-23(25)26(24)29)36-15-19-5-3-4-18(12-19)14-27/h3-13,16H,15,17H2,1-2H3. The molecule has 3 aromatic carbocycles. The maximum absolute atomic E-state index is 13.2. The van der Waals surface area contributed by atoms with E-state index in [1.165, 1.54) is 24.5 Å². The van der Waals surface area contributed by atoms with Crippen molar-refractivity contribution in [1.29, 1.82) is 5.26 Å². The van der Waals surface area contributed by atoms with E-state index in [1.807, 2.05) is 6.07 Å². The minimum Gasteiger partial charge on any atom is -0.489 e. The average molecular weight is 603 g/mol. The van der Waals surface area contributed by atoms with E-state index in [0.717, 1.165) is 17.7 Å². The Morgan fingerprint density at radius 2 is 1.62 bits per heavy atom. The van der Waals surface area contributed by atoms with Crippen LogP contribution in [0.2, 0.25) is 0 Å². The van der Waals surface area contributed by atoms with Gasteiger partial charge in [0.25, 0.3) is 10.0 Å². The summed E-state index contributed by atoms with van der Waals surface area (Å²) in [6.45, 7) is 0.195. The van der Waals surface area contributed by atoms with E-state index in [4.69, 9.17) is 14.4 Å². The number of sulfone groups is 1. The summed E-state index contributed by atoms with van der Waals surface area (Å²) in [5, 5.41) is 7.87. The number of ether oxygens (including phenoxy) is 1. The summed E-state index contributed by atoms with van der Waals surface area (Å²) in [4.78, 5) is 13.2. The number of nitriles is 1. The normalized spacial score (nSPS) is 12.1. The molecule has 0 N–H and O–H groups in total. The number of benzene rings is 3. The van der Waals surface area contributed by atoms with Gasteiger partial charge in [-0.3, -0.25) is 4.79 Å².